The van der Waals surface area contributed by atoms with Gasteiger partial charge < -0.3 is 4.90 Å². The van der Waals surface area contributed by atoms with Crippen LogP contribution < -0.4 is 4.90 Å². The maximum Gasteiger partial charge on any atom is 0.240 e. The number of carbonyl (C=O) groups is 1. The Morgan fingerprint density at radius 2 is 1.88 bits per heavy atom. The quantitative estimate of drug-likeness (QED) is 0.644. The molecule has 2 aromatic carbocycles. The molecule has 2 heterocycles. The number of carbonyl (C=O) groups excluding carboxylic acids is 1. The Hall–Kier alpha value is -2.33. The van der Waals surface area contributed by atoms with Crippen molar-refractivity contribution in [1.29, 1.82) is 0 Å². The van der Waals surface area contributed by atoms with Crippen LogP contribution in [0.4, 0.5) is 5.69 Å². The van der Waals surface area contributed by atoms with E-state index in [1.807, 2.05) is 60.4 Å². The van der Waals surface area contributed by atoms with Crippen molar-refractivity contribution >= 4 is 34.3 Å². The van der Waals surface area contributed by atoms with Crippen molar-refractivity contribution < 1.29 is 4.79 Å². The van der Waals surface area contributed by atoms with E-state index in [0.717, 1.165) is 28.0 Å². The summed E-state index contributed by atoms with van der Waals surface area (Å²) < 4.78 is 0. The van der Waals surface area contributed by atoms with Crippen molar-refractivity contribution in [2.24, 2.45) is 0 Å². The number of pyridine rings is 1. The average Bonchev–Trinajstić information content (AvgIpc) is 2.96. The van der Waals surface area contributed by atoms with Gasteiger partial charge in [0.05, 0.1) is 15.8 Å². The van der Waals surface area contributed by atoms with Crippen molar-refractivity contribution in [2.45, 2.75) is 36.6 Å². The first-order chi connectivity index (χ1) is 12.1. The van der Waals surface area contributed by atoms with Crippen LogP contribution in [0.15, 0.2) is 65.7 Å². The lowest BCUT2D eigenvalue weighted by Gasteiger charge is -2.25. The number of hydrogen-bond acceptors (Lipinski definition) is 3. The first kappa shape index (κ1) is 16.2. The molecule has 1 amide bonds. The Labute approximate surface area is 152 Å². The second kappa shape index (κ2) is 6.52. The van der Waals surface area contributed by atoms with Crippen LogP contribution in [-0.2, 0) is 11.2 Å². The van der Waals surface area contributed by atoms with Crippen LogP contribution in [0.25, 0.3) is 10.9 Å². The summed E-state index contributed by atoms with van der Waals surface area (Å²) in [5.74, 6) is 0.150. The molecule has 0 N–H and O–H groups in total. The van der Waals surface area contributed by atoms with Crippen molar-refractivity contribution in [3.8, 4) is 0 Å². The van der Waals surface area contributed by atoms with Gasteiger partial charge in [-0.3, -0.25) is 4.79 Å². The number of nitrogens with zero attached hydrogens (tertiary/aromatic N) is 2. The topological polar surface area (TPSA) is 33.2 Å². The molecule has 3 nitrogen and oxygen atoms in total. The minimum Gasteiger partial charge on any atom is -0.308 e. The molecule has 0 fully saturated rings. The summed E-state index contributed by atoms with van der Waals surface area (Å²) in [5.41, 5.74) is 3.27. The standard InChI is InChI=1S/C21H20N2OS/c1-14-13-17-8-4-6-10-19(17)23(14)21(24)15(2)25-20-12-11-16-7-3-5-9-18(16)22-20/h3-12,14-15H,13H2,1-2H3/t14-,15+/m0/s1. The molecule has 0 spiro atoms. The van der Waals surface area contributed by atoms with Gasteiger partial charge in [0, 0.05) is 17.1 Å². The Kier molecular flexibility index (Phi) is 4.22. The minimum absolute atomic E-state index is 0.150. The predicted molar refractivity (Wildman–Crippen MR) is 104 cm³/mol. The second-order valence-corrected chi connectivity index (χ2v) is 7.85. The molecule has 2 atom stereocenters. The SMILES string of the molecule is C[C@@H](Sc1ccc2ccccc2n1)C(=O)N1c2ccccc2C[C@@H]1C. The maximum absolute atomic E-state index is 13.1. The number of benzene rings is 2. The summed E-state index contributed by atoms with van der Waals surface area (Å²) in [4.78, 5) is 19.7. The van der Waals surface area contributed by atoms with Crippen LogP contribution in [0, 0.1) is 0 Å². The van der Waals surface area contributed by atoms with E-state index >= 15 is 0 Å². The van der Waals surface area contributed by atoms with Crippen LogP contribution >= 0.6 is 11.8 Å². The first-order valence-electron chi connectivity index (χ1n) is 8.57. The van der Waals surface area contributed by atoms with E-state index in [4.69, 9.17) is 0 Å². The average molecular weight is 348 g/mol. The van der Waals surface area contributed by atoms with Crippen LogP contribution in [0.3, 0.4) is 0 Å². The molecule has 0 bridgehead atoms. The van der Waals surface area contributed by atoms with Gasteiger partial charge in [-0.15, -0.1) is 0 Å². The number of anilines is 1. The van der Waals surface area contributed by atoms with Gasteiger partial charge in [0.2, 0.25) is 5.91 Å². The van der Waals surface area contributed by atoms with Gasteiger partial charge in [-0.05, 0) is 44.0 Å². The molecule has 4 rings (SSSR count). The fourth-order valence-electron chi connectivity index (χ4n) is 3.44. The lowest BCUT2D eigenvalue weighted by molar-refractivity contribution is -0.118. The van der Waals surface area contributed by atoms with Crippen LogP contribution in [-0.4, -0.2) is 22.2 Å². The van der Waals surface area contributed by atoms with E-state index in [0.29, 0.717) is 0 Å². The summed E-state index contributed by atoms with van der Waals surface area (Å²) >= 11 is 1.53. The van der Waals surface area contributed by atoms with E-state index < -0.39 is 0 Å². The molecule has 1 aliphatic rings. The Balaban J connectivity index is 1.56. The lowest BCUT2D eigenvalue weighted by atomic mass is 10.1. The number of aromatic nitrogens is 1. The number of fused-ring (bicyclic) bond motifs is 2. The van der Waals surface area contributed by atoms with E-state index in [-0.39, 0.29) is 17.2 Å². The molecule has 126 valence electrons. The second-order valence-electron chi connectivity index (χ2n) is 6.49. The Morgan fingerprint density at radius 1 is 1.12 bits per heavy atom. The van der Waals surface area contributed by atoms with Gasteiger partial charge in [-0.2, -0.15) is 0 Å². The van der Waals surface area contributed by atoms with Gasteiger partial charge in [0.1, 0.15) is 0 Å². The molecule has 1 aromatic heterocycles. The summed E-state index contributed by atoms with van der Waals surface area (Å²) in [6.45, 7) is 4.08. The molecular weight excluding hydrogens is 328 g/mol. The van der Waals surface area contributed by atoms with Crippen molar-refractivity contribution in [2.75, 3.05) is 4.90 Å². The molecule has 25 heavy (non-hydrogen) atoms. The van der Waals surface area contributed by atoms with E-state index in [1.165, 1.54) is 17.3 Å². The highest BCUT2D eigenvalue weighted by Gasteiger charge is 2.33. The van der Waals surface area contributed by atoms with Crippen molar-refractivity contribution in [3.05, 3.63) is 66.2 Å². The Bertz CT molecular complexity index is 940. The van der Waals surface area contributed by atoms with E-state index in [2.05, 4.69) is 24.0 Å². The number of thioether (sulfide) groups is 1. The summed E-state index contributed by atoms with van der Waals surface area (Å²) in [6, 6.07) is 20.5. The fourth-order valence-corrected chi connectivity index (χ4v) is 4.32. The third-order valence-corrected chi connectivity index (χ3v) is 5.69. The molecule has 0 unspecified atom stereocenters. The van der Waals surface area contributed by atoms with Gasteiger partial charge in [0.15, 0.2) is 0 Å². The molecule has 3 aromatic rings. The fraction of sp³-hybridized carbons (Fsp3) is 0.238. The van der Waals surface area contributed by atoms with E-state index in [9.17, 15) is 4.79 Å². The van der Waals surface area contributed by atoms with Crippen molar-refractivity contribution in [1.82, 2.24) is 4.98 Å². The number of rotatable bonds is 3. The van der Waals surface area contributed by atoms with Gasteiger partial charge in [-0.1, -0.05) is 54.2 Å². The normalized spacial score (nSPS) is 17.5. The lowest BCUT2D eigenvalue weighted by Crippen LogP contribution is -2.40. The zero-order chi connectivity index (χ0) is 17.4. The van der Waals surface area contributed by atoms with Crippen LogP contribution in [0.5, 0.6) is 0 Å². The number of hydrogen-bond donors (Lipinski definition) is 0. The van der Waals surface area contributed by atoms with Gasteiger partial charge >= 0.3 is 0 Å². The number of para-hydroxylation sites is 2. The summed E-state index contributed by atoms with van der Waals surface area (Å²) in [5, 5.41) is 1.83. The third-order valence-electron chi connectivity index (χ3n) is 4.66. The highest BCUT2D eigenvalue weighted by Crippen LogP contribution is 2.34. The number of amides is 1. The predicted octanol–water partition coefficient (Wildman–Crippen LogP) is 4.69. The summed E-state index contributed by atoms with van der Waals surface area (Å²) in [6.07, 6.45) is 0.924. The highest BCUT2D eigenvalue weighted by molar-refractivity contribution is 8.00. The summed E-state index contributed by atoms with van der Waals surface area (Å²) in [7, 11) is 0. The van der Waals surface area contributed by atoms with Crippen molar-refractivity contribution in [3.63, 3.8) is 0 Å². The molecule has 0 saturated carbocycles. The molecule has 4 heteroatoms. The molecule has 0 saturated heterocycles. The largest absolute Gasteiger partial charge is 0.308 e. The third kappa shape index (κ3) is 3.02. The van der Waals surface area contributed by atoms with Gasteiger partial charge in [0.25, 0.3) is 0 Å². The zero-order valence-corrected chi connectivity index (χ0v) is 15.2. The zero-order valence-electron chi connectivity index (χ0n) is 14.3. The Morgan fingerprint density at radius 3 is 2.76 bits per heavy atom. The highest BCUT2D eigenvalue weighted by atomic mass is 32.2. The van der Waals surface area contributed by atoms with Crippen LogP contribution in [0.2, 0.25) is 0 Å². The molecule has 1 aliphatic heterocycles. The monoisotopic (exact) mass is 348 g/mol. The molecule has 0 radical (unpaired) electrons. The van der Waals surface area contributed by atoms with Crippen LogP contribution in [0.1, 0.15) is 19.4 Å². The van der Waals surface area contributed by atoms with Gasteiger partial charge in [-0.25, -0.2) is 4.98 Å². The van der Waals surface area contributed by atoms with E-state index in [1.54, 1.807) is 0 Å². The maximum atomic E-state index is 13.1. The minimum atomic E-state index is -0.178. The molecular formula is C21H20N2OS. The smallest absolute Gasteiger partial charge is 0.240 e. The molecule has 0 aliphatic carbocycles. The first-order valence-corrected chi connectivity index (χ1v) is 9.45.